The number of pyridine rings is 1. The summed E-state index contributed by atoms with van der Waals surface area (Å²) in [5.41, 5.74) is 6.40. The molecule has 2 aromatic carbocycles. The molecule has 0 unspecified atom stereocenters. The Morgan fingerprint density at radius 2 is 1.75 bits per heavy atom. The first-order valence-electron chi connectivity index (χ1n) is 10.6. The summed E-state index contributed by atoms with van der Waals surface area (Å²) in [6.45, 7) is 0.483. The Morgan fingerprint density at radius 3 is 2.53 bits per heavy atom. The molecule has 0 amide bonds. The first-order valence-corrected chi connectivity index (χ1v) is 10.6. The minimum Gasteiger partial charge on any atom is -0.619 e. The summed E-state index contributed by atoms with van der Waals surface area (Å²) < 4.78 is 6.89. The summed E-state index contributed by atoms with van der Waals surface area (Å²) in [5.74, 6) is 0.706. The highest BCUT2D eigenvalue weighted by Gasteiger charge is 2.16. The molecule has 1 aliphatic carbocycles. The number of allylic oxidation sites excluding steroid dienone is 4. The second-order valence-corrected chi connectivity index (χ2v) is 7.57. The third-order valence-corrected chi connectivity index (χ3v) is 5.38. The fourth-order valence-electron chi connectivity index (χ4n) is 3.74. The van der Waals surface area contributed by atoms with Gasteiger partial charge in [0.2, 0.25) is 0 Å². The van der Waals surface area contributed by atoms with Crippen molar-refractivity contribution >= 4 is 16.6 Å². The number of hydrogen-bond donors (Lipinski definition) is 0. The van der Waals surface area contributed by atoms with Crippen LogP contribution >= 0.6 is 0 Å². The van der Waals surface area contributed by atoms with Crippen molar-refractivity contribution in [3.05, 3.63) is 114 Å². The van der Waals surface area contributed by atoms with Gasteiger partial charge in [-0.25, -0.2) is 9.97 Å². The molecule has 0 saturated carbocycles. The number of para-hydroxylation sites is 1. The van der Waals surface area contributed by atoms with Crippen LogP contribution in [0.3, 0.4) is 0 Å². The van der Waals surface area contributed by atoms with E-state index < -0.39 is 0 Å². The third-order valence-electron chi connectivity index (χ3n) is 5.38. The van der Waals surface area contributed by atoms with Crippen molar-refractivity contribution in [2.24, 2.45) is 0 Å². The van der Waals surface area contributed by atoms with Crippen LogP contribution in [0.5, 0.6) is 5.75 Å². The first-order chi connectivity index (χ1) is 15.8. The highest BCUT2D eigenvalue weighted by Crippen LogP contribution is 2.33. The Hall–Kier alpha value is -3.99. The summed E-state index contributed by atoms with van der Waals surface area (Å²) in [6, 6.07) is 19.6. The van der Waals surface area contributed by atoms with E-state index in [1.54, 1.807) is 0 Å². The van der Waals surface area contributed by atoms with E-state index in [-0.39, 0.29) is 0 Å². The van der Waals surface area contributed by atoms with E-state index in [0.29, 0.717) is 18.8 Å². The van der Waals surface area contributed by atoms with E-state index in [2.05, 4.69) is 36.8 Å². The van der Waals surface area contributed by atoms with Crippen LogP contribution in [-0.2, 0) is 6.42 Å². The number of hydrogen-bond acceptors (Lipinski definition) is 4. The van der Waals surface area contributed by atoms with Crippen molar-refractivity contribution in [3.63, 3.8) is 0 Å². The summed E-state index contributed by atoms with van der Waals surface area (Å²) in [5, 5.41) is 11.2. The smallest absolute Gasteiger partial charge is 0.180 e. The normalized spacial score (nSPS) is 13.2. The molecule has 5 rings (SSSR count). The molecule has 0 N–H and O–H groups in total. The van der Waals surface area contributed by atoms with E-state index in [1.807, 2.05) is 48.5 Å². The maximum atomic E-state index is 11.2. The van der Waals surface area contributed by atoms with Gasteiger partial charge in [-0.1, -0.05) is 54.6 Å². The highest BCUT2D eigenvalue weighted by atomic mass is 16.5. The summed E-state index contributed by atoms with van der Waals surface area (Å²) in [4.78, 5) is 10.0. The summed E-state index contributed by atoms with van der Waals surface area (Å²) in [6.07, 6.45) is 13.0. The zero-order valence-electron chi connectivity index (χ0n) is 17.5. The third kappa shape index (κ3) is 4.23. The maximum Gasteiger partial charge on any atom is 0.180 e. The van der Waals surface area contributed by atoms with Crippen molar-refractivity contribution in [2.75, 3.05) is 6.61 Å². The lowest BCUT2D eigenvalue weighted by atomic mass is 9.99. The van der Waals surface area contributed by atoms with E-state index in [0.717, 1.165) is 50.3 Å². The maximum absolute atomic E-state index is 11.2. The molecule has 1 aliphatic rings. The van der Waals surface area contributed by atoms with E-state index in [9.17, 15) is 5.21 Å². The Balaban J connectivity index is 1.52. The first kappa shape index (κ1) is 19.9. The van der Waals surface area contributed by atoms with Gasteiger partial charge in [0.1, 0.15) is 11.3 Å². The minimum absolute atomic E-state index is 0.483. The van der Waals surface area contributed by atoms with Crippen LogP contribution in [0, 0.1) is 11.6 Å². The molecule has 0 aliphatic heterocycles. The lowest BCUT2D eigenvalue weighted by Gasteiger charge is -2.15. The van der Waals surface area contributed by atoms with E-state index in [4.69, 9.17) is 14.7 Å². The number of benzene rings is 2. The predicted molar refractivity (Wildman–Crippen MR) is 126 cm³/mol. The number of nitrogens with zero attached hydrogens (tertiary/aromatic N) is 3. The van der Waals surface area contributed by atoms with Gasteiger partial charge in [-0.15, -0.1) is 0 Å². The van der Waals surface area contributed by atoms with Crippen LogP contribution in [-0.4, -0.2) is 16.6 Å². The zero-order chi connectivity index (χ0) is 21.8. The lowest BCUT2D eigenvalue weighted by Crippen LogP contribution is -2.23. The molecule has 5 nitrogen and oxygen atoms in total. The van der Waals surface area contributed by atoms with Gasteiger partial charge in [0.05, 0.1) is 23.5 Å². The average molecular weight is 420 g/mol. The predicted octanol–water partition coefficient (Wildman–Crippen LogP) is 5.10. The molecule has 1 radical (unpaired) electrons. The number of aromatic nitrogens is 3. The topological polar surface area (TPSA) is 62.0 Å². The molecule has 0 fully saturated rings. The van der Waals surface area contributed by atoms with Gasteiger partial charge in [0, 0.05) is 24.1 Å². The molecule has 157 valence electrons. The van der Waals surface area contributed by atoms with Gasteiger partial charge in [0.15, 0.2) is 12.4 Å². The second-order valence-electron chi connectivity index (χ2n) is 7.57. The fourth-order valence-corrected chi connectivity index (χ4v) is 3.74. The molecule has 2 heterocycles. The van der Waals surface area contributed by atoms with Gasteiger partial charge in [-0.2, -0.15) is 4.73 Å². The van der Waals surface area contributed by atoms with Gasteiger partial charge in [-0.05, 0) is 36.1 Å². The largest absolute Gasteiger partial charge is 0.619 e. The Morgan fingerprint density at radius 1 is 0.906 bits per heavy atom. The molecular weight excluding hydrogens is 398 g/mol. The second kappa shape index (κ2) is 9.02. The summed E-state index contributed by atoms with van der Waals surface area (Å²) in [7, 11) is 0. The number of fused-ring (bicyclic) bond motifs is 1. The van der Waals surface area contributed by atoms with Crippen molar-refractivity contribution in [2.45, 2.75) is 12.8 Å². The SMILES string of the molecule is [O-][n+]1ccc(CCOc2cccc3nc(-c4ccccc4)c(C4=CC[CH]C=C4)nc23)cc1. The van der Waals surface area contributed by atoms with Gasteiger partial charge >= 0.3 is 0 Å². The Labute approximate surface area is 186 Å². The summed E-state index contributed by atoms with van der Waals surface area (Å²) >= 11 is 0. The van der Waals surface area contributed by atoms with Crippen LogP contribution in [0.25, 0.3) is 27.9 Å². The molecule has 0 bridgehead atoms. The van der Waals surface area contributed by atoms with Crippen LogP contribution in [0.15, 0.2) is 91.3 Å². The average Bonchev–Trinajstić information content (AvgIpc) is 2.86. The molecule has 0 spiro atoms. The Kier molecular flexibility index (Phi) is 5.62. The Bertz CT molecular complexity index is 1300. The fraction of sp³-hybridized carbons (Fsp3) is 0.111. The number of ether oxygens (including phenoxy) is 1. The van der Waals surface area contributed by atoms with Gasteiger partial charge < -0.3 is 9.94 Å². The molecule has 0 saturated heterocycles. The quantitative estimate of drug-likeness (QED) is 0.322. The molecule has 32 heavy (non-hydrogen) atoms. The van der Waals surface area contributed by atoms with Crippen molar-refractivity contribution < 1.29 is 9.47 Å². The van der Waals surface area contributed by atoms with Crippen LogP contribution < -0.4 is 9.47 Å². The highest BCUT2D eigenvalue weighted by molar-refractivity contribution is 5.90. The van der Waals surface area contributed by atoms with E-state index in [1.165, 1.54) is 12.4 Å². The van der Waals surface area contributed by atoms with Crippen molar-refractivity contribution in [1.29, 1.82) is 0 Å². The monoisotopic (exact) mass is 420 g/mol. The lowest BCUT2D eigenvalue weighted by molar-refractivity contribution is -0.605. The molecule has 0 atom stereocenters. The molecular formula is C27H22N3O2. The standard InChI is InChI=1S/C27H22N3O2/c31-30-17-14-20(15-18-30)16-19-32-24-13-7-12-23-27(24)29-26(22-10-5-2-6-11-22)25(28-23)21-8-3-1-4-9-21/h1-5,7-15,17-18H,6,16,19H2. The molecule has 4 aromatic rings. The van der Waals surface area contributed by atoms with Crippen molar-refractivity contribution in [1.82, 2.24) is 9.97 Å². The van der Waals surface area contributed by atoms with Crippen LogP contribution in [0.2, 0.25) is 0 Å². The van der Waals surface area contributed by atoms with Crippen molar-refractivity contribution in [3.8, 4) is 17.0 Å². The van der Waals surface area contributed by atoms with E-state index >= 15 is 0 Å². The zero-order valence-corrected chi connectivity index (χ0v) is 17.5. The number of rotatable bonds is 6. The minimum atomic E-state index is 0.483. The van der Waals surface area contributed by atoms with Gasteiger partial charge in [0.25, 0.3) is 0 Å². The molecule has 2 aromatic heterocycles. The van der Waals surface area contributed by atoms with Crippen LogP contribution in [0.1, 0.15) is 17.7 Å². The van der Waals surface area contributed by atoms with Crippen LogP contribution in [0.4, 0.5) is 0 Å². The molecule has 5 heteroatoms. The van der Waals surface area contributed by atoms with Gasteiger partial charge in [-0.3, -0.25) is 0 Å².